The molecule has 2 fully saturated rings. The van der Waals surface area contributed by atoms with E-state index >= 15 is 0 Å². The van der Waals surface area contributed by atoms with Crippen LogP contribution in [0.3, 0.4) is 0 Å². The Morgan fingerprint density at radius 1 is 1.21 bits per heavy atom. The summed E-state index contributed by atoms with van der Waals surface area (Å²) < 4.78 is 0. The quantitative estimate of drug-likeness (QED) is 0.787. The Hall–Kier alpha value is -1.69. The third kappa shape index (κ3) is 4.44. The third-order valence-corrected chi connectivity index (χ3v) is 5.79. The molecule has 1 aromatic rings. The van der Waals surface area contributed by atoms with E-state index in [1.54, 1.807) is 23.6 Å². The minimum absolute atomic E-state index is 0.0175. The predicted octanol–water partition coefficient (Wildman–Crippen LogP) is 2.72. The van der Waals surface area contributed by atoms with Crippen LogP contribution in [0.4, 0.5) is 0 Å². The Balaban J connectivity index is 1.44. The van der Waals surface area contributed by atoms with Gasteiger partial charge in [0.1, 0.15) is 0 Å². The molecule has 0 aromatic carbocycles. The van der Waals surface area contributed by atoms with E-state index in [0.717, 1.165) is 9.88 Å². The molecule has 0 bridgehead atoms. The van der Waals surface area contributed by atoms with Crippen LogP contribution in [0, 0.1) is 12.8 Å². The summed E-state index contributed by atoms with van der Waals surface area (Å²) in [5.41, 5.74) is 0. The summed E-state index contributed by atoms with van der Waals surface area (Å²) >= 11 is 1.57. The van der Waals surface area contributed by atoms with E-state index in [2.05, 4.69) is 4.98 Å². The average molecular weight is 347 g/mol. The summed E-state index contributed by atoms with van der Waals surface area (Å²) in [7, 11) is 0. The van der Waals surface area contributed by atoms with Crippen molar-refractivity contribution in [3.63, 3.8) is 0 Å². The van der Waals surface area contributed by atoms with Crippen LogP contribution < -0.4 is 0 Å². The van der Waals surface area contributed by atoms with Gasteiger partial charge in [-0.25, -0.2) is 4.98 Å². The van der Waals surface area contributed by atoms with Gasteiger partial charge in [-0.15, -0.1) is 11.3 Å². The minimum Gasteiger partial charge on any atom is -0.339 e. The summed E-state index contributed by atoms with van der Waals surface area (Å²) in [4.78, 5) is 33.5. The number of thiazole rings is 1. The highest BCUT2D eigenvalue weighted by atomic mass is 32.1. The molecule has 2 aliphatic rings. The summed E-state index contributed by atoms with van der Waals surface area (Å²) in [5, 5.41) is 0.997. The molecule has 0 N–H and O–H groups in total. The van der Waals surface area contributed by atoms with Crippen molar-refractivity contribution < 1.29 is 9.59 Å². The maximum Gasteiger partial charge on any atom is 0.246 e. The van der Waals surface area contributed by atoms with Crippen molar-refractivity contribution in [2.45, 2.75) is 39.0 Å². The second-order valence-corrected chi connectivity index (χ2v) is 7.94. The highest BCUT2D eigenvalue weighted by Crippen LogP contribution is 2.28. The zero-order chi connectivity index (χ0) is 16.9. The maximum absolute atomic E-state index is 12.3. The highest BCUT2D eigenvalue weighted by Gasteiger charge is 2.26. The Kier molecular flexibility index (Phi) is 5.66. The zero-order valence-electron chi connectivity index (χ0n) is 14.2. The van der Waals surface area contributed by atoms with Crippen LogP contribution in [0.15, 0.2) is 12.3 Å². The summed E-state index contributed by atoms with van der Waals surface area (Å²) in [6.45, 7) is 4.52. The van der Waals surface area contributed by atoms with Crippen molar-refractivity contribution in [2.75, 3.05) is 26.2 Å². The van der Waals surface area contributed by atoms with Crippen LogP contribution in [-0.2, 0) is 9.59 Å². The lowest BCUT2D eigenvalue weighted by Crippen LogP contribution is -2.50. The van der Waals surface area contributed by atoms with Gasteiger partial charge in [0, 0.05) is 49.7 Å². The van der Waals surface area contributed by atoms with Gasteiger partial charge in [-0.2, -0.15) is 0 Å². The molecular weight excluding hydrogens is 322 g/mol. The van der Waals surface area contributed by atoms with Crippen LogP contribution in [0.5, 0.6) is 0 Å². The first-order chi connectivity index (χ1) is 11.6. The van der Waals surface area contributed by atoms with Gasteiger partial charge in [0.15, 0.2) is 0 Å². The number of amides is 2. The number of aryl methyl sites for hydroxylation is 1. The number of piperazine rings is 1. The molecule has 24 heavy (non-hydrogen) atoms. The summed E-state index contributed by atoms with van der Waals surface area (Å²) in [6, 6.07) is 0. The number of carbonyl (C=O) groups is 2. The normalized spacial score (nSPS) is 19.4. The molecule has 0 unspecified atom stereocenters. The van der Waals surface area contributed by atoms with Crippen molar-refractivity contribution in [3.05, 3.63) is 22.2 Å². The van der Waals surface area contributed by atoms with Crippen molar-refractivity contribution in [1.82, 2.24) is 14.8 Å². The van der Waals surface area contributed by atoms with Gasteiger partial charge in [0.05, 0.1) is 5.01 Å². The van der Waals surface area contributed by atoms with Gasteiger partial charge in [0.2, 0.25) is 11.8 Å². The Labute approximate surface area is 147 Å². The lowest BCUT2D eigenvalue weighted by Gasteiger charge is -2.34. The van der Waals surface area contributed by atoms with Crippen LogP contribution >= 0.6 is 11.3 Å². The van der Waals surface area contributed by atoms with Crippen molar-refractivity contribution in [3.8, 4) is 0 Å². The van der Waals surface area contributed by atoms with E-state index in [-0.39, 0.29) is 11.8 Å². The fourth-order valence-electron chi connectivity index (χ4n) is 3.48. The molecule has 3 rings (SSSR count). The molecule has 6 heteroatoms. The zero-order valence-corrected chi connectivity index (χ0v) is 15.1. The minimum atomic E-state index is 0.0175. The number of carbonyl (C=O) groups excluding carboxylic acids is 2. The molecule has 1 saturated carbocycles. The first kappa shape index (κ1) is 17.1. The first-order valence-corrected chi connectivity index (χ1v) is 9.60. The number of nitrogens with zero attached hydrogens (tertiary/aromatic N) is 3. The molecule has 1 aromatic heterocycles. The van der Waals surface area contributed by atoms with Crippen LogP contribution in [0.25, 0.3) is 6.08 Å². The lowest BCUT2D eigenvalue weighted by atomic mass is 10.0. The molecule has 1 aliphatic carbocycles. The van der Waals surface area contributed by atoms with Crippen molar-refractivity contribution in [2.24, 2.45) is 5.92 Å². The predicted molar refractivity (Wildman–Crippen MR) is 95.6 cm³/mol. The Bertz CT molecular complexity index is 612. The standard InChI is InChI=1S/C18H25N3O2S/c1-14-19-13-16(24-14)6-7-17(22)20-8-10-21(11-9-20)18(23)12-15-4-2-3-5-15/h6-7,13,15H,2-5,8-12H2,1H3/b7-6+. The van der Waals surface area contributed by atoms with Gasteiger partial charge in [-0.1, -0.05) is 12.8 Å². The van der Waals surface area contributed by atoms with E-state index in [0.29, 0.717) is 38.5 Å². The fraction of sp³-hybridized carbons (Fsp3) is 0.611. The molecule has 0 spiro atoms. The van der Waals surface area contributed by atoms with E-state index < -0.39 is 0 Å². The van der Waals surface area contributed by atoms with Gasteiger partial charge in [0.25, 0.3) is 0 Å². The van der Waals surface area contributed by atoms with Crippen LogP contribution in [-0.4, -0.2) is 52.8 Å². The van der Waals surface area contributed by atoms with E-state index in [1.807, 2.05) is 22.8 Å². The van der Waals surface area contributed by atoms with E-state index in [4.69, 9.17) is 0 Å². The average Bonchev–Trinajstić information content (AvgIpc) is 3.24. The van der Waals surface area contributed by atoms with E-state index in [9.17, 15) is 9.59 Å². The molecule has 2 heterocycles. The van der Waals surface area contributed by atoms with Crippen LogP contribution in [0.2, 0.25) is 0 Å². The molecule has 1 saturated heterocycles. The molecular formula is C18H25N3O2S. The second-order valence-electron chi connectivity index (χ2n) is 6.68. The molecule has 5 nitrogen and oxygen atoms in total. The van der Waals surface area contributed by atoms with Gasteiger partial charge in [-0.3, -0.25) is 9.59 Å². The Morgan fingerprint density at radius 2 is 1.88 bits per heavy atom. The SMILES string of the molecule is Cc1ncc(/C=C/C(=O)N2CCN(C(=O)CC3CCCC3)CC2)s1. The maximum atomic E-state index is 12.3. The number of rotatable bonds is 4. The number of hydrogen-bond acceptors (Lipinski definition) is 4. The number of hydrogen-bond donors (Lipinski definition) is 0. The fourth-order valence-corrected chi connectivity index (χ4v) is 4.17. The van der Waals surface area contributed by atoms with Crippen molar-refractivity contribution >= 4 is 29.2 Å². The topological polar surface area (TPSA) is 53.5 Å². The summed E-state index contributed by atoms with van der Waals surface area (Å²) in [6.07, 6.45) is 10.9. The van der Waals surface area contributed by atoms with Gasteiger partial charge in [-0.05, 0) is 31.8 Å². The summed E-state index contributed by atoms with van der Waals surface area (Å²) in [5.74, 6) is 0.872. The second kappa shape index (κ2) is 7.92. The molecule has 1 aliphatic heterocycles. The largest absolute Gasteiger partial charge is 0.339 e. The van der Waals surface area contributed by atoms with Gasteiger partial charge < -0.3 is 9.80 Å². The molecule has 0 radical (unpaired) electrons. The van der Waals surface area contributed by atoms with Crippen molar-refractivity contribution in [1.29, 1.82) is 0 Å². The van der Waals surface area contributed by atoms with E-state index in [1.165, 1.54) is 25.7 Å². The smallest absolute Gasteiger partial charge is 0.246 e. The monoisotopic (exact) mass is 347 g/mol. The Morgan fingerprint density at radius 3 is 2.50 bits per heavy atom. The third-order valence-electron chi connectivity index (χ3n) is 4.91. The molecule has 0 atom stereocenters. The lowest BCUT2D eigenvalue weighted by molar-refractivity contribution is -0.137. The van der Waals surface area contributed by atoms with Gasteiger partial charge >= 0.3 is 0 Å². The highest BCUT2D eigenvalue weighted by molar-refractivity contribution is 7.12. The molecule has 130 valence electrons. The number of aromatic nitrogens is 1. The first-order valence-electron chi connectivity index (χ1n) is 8.79. The molecule has 2 amide bonds. The van der Waals surface area contributed by atoms with Crippen LogP contribution in [0.1, 0.15) is 42.0 Å².